The molecular weight excluding hydrogens is 238 g/mol. The maximum absolute atomic E-state index is 4.63. The summed E-state index contributed by atoms with van der Waals surface area (Å²) in [7, 11) is 0. The number of aromatic nitrogens is 3. The molecule has 0 spiro atoms. The summed E-state index contributed by atoms with van der Waals surface area (Å²) in [5.41, 5.74) is 0. The van der Waals surface area contributed by atoms with E-state index in [1.807, 2.05) is 0 Å². The van der Waals surface area contributed by atoms with Gasteiger partial charge in [-0.05, 0) is 31.6 Å². The van der Waals surface area contributed by atoms with Crippen molar-refractivity contribution in [2.24, 2.45) is 5.92 Å². The van der Waals surface area contributed by atoms with Crippen LogP contribution in [0.25, 0.3) is 0 Å². The summed E-state index contributed by atoms with van der Waals surface area (Å²) in [6, 6.07) is 0.575. The van der Waals surface area contributed by atoms with Gasteiger partial charge in [0.25, 0.3) is 0 Å². The molecule has 0 aromatic carbocycles. The summed E-state index contributed by atoms with van der Waals surface area (Å²) < 4.78 is 0. The highest BCUT2D eigenvalue weighted by Crippen LogP contribution is 2.23. The highest BCUT2D eigenvalue weighted by Gasteiger charge is 2.20. The monoisotopic (exact) mass is 261 g/mol. The first-order chi connectivity index (χ1) is 9.31. The zero-order chi connectivity index (χ0) is 13.1. The molecule has 1 saturated heterocycles. The van der Waals surface area contributed by atoms with Crippen LogP contribution >= 0.6 is 0 Å². The van der Waals surface area contributed by atoms with E-state index in [1.54, 1.807) is 6.20 Å². The second-order valence-electron chi connectivity index (χ2n) is 5.94. The van der Waals surface area contributed by atoms with Gasteiger partial charge in [-0.15, -0.1) is 5.10 Å². The molecule has 2 fully saturated rings. The fourth-order valence-electron chi connectivity index (χ4n) is 2.99. The molecule has 1 saturated carbocycles. The molecule has 2 aliphatic rings. The Morgan fingerprint density at radius 3 is 2.63 bits per heavy atom. The Labute approximate surface area is 114 Å². The molecule has 1 aliphatic heterocycles. The molecule has 0 bridgehead atoms. The lowest BCUT2D eigenvalue weighted by molar-refractivity contribution is 0.433. The largest absolute Gasteiger partial charge is 0.366 e. The first-order valence-electron chi connectivity index (χ1n) is 7.52. The van der Waals surface area contributed by atoms with E-state index in [2.05, 4.69) is 32.3 Å². The van der Waals surface area contributed by atoms with Gasteiger partial charge in [-0.3, -0.25) is 0 Å². The number of piperidine rings is 1. The van der Waals surface area contributed by atoms with Crippen molar-refractivity contribution in [2.75, 3.05) is 23.3 Å². The second-order valence-corrected chi connectivity index (χ2v) is 5.94. The van der Waals surface area contributed by atoms with Gasteiger partial charge in [0.1, 0.15) is 0 Å². The number of hydrogen-bond donors (Lipinski definition) is 1. The maximum Gasteiger partial charge on any atom is 0.247 e. The standard InChI is InChI=1S/C14H23N5/c1-11-6-8-19(9-7-11)14-17-13(10-15-18-14)16-12-4-2-3-5-12/h10-12H,2-9H2,1H3,(H,16,17,18). The van der Waals surface area contributed by atoms with Gasteiger partial charge in [-0.1, -0.05) is 19.8 Å². The van der Waals surface area contributed by atoms with Crippen molar-refractivity contribution in [3.63, 3.8) is 0 Å². The van der Waals surface area contributed by atoms with Gasteiger partial charge in [0.2, 0.25) is 5.95 Å². The van der Waals surface area contributed by atoms with E-state index in [0.717, 1.165) is 30.8 Å². The zero-order valence-corrected chi connectivity index (χ0v) is 11.7. The average Bonchev–Trinajstić information content (AvgIpc) is 2.93. The summed E-state index contributed by atoms with van der Waals surface area (Å²) in [4.78, 5) is 6.88. The van der Waals surface area contributed by atoms with Crippen LogP contribution < -0.4 is 10.2 Å². The Hall–Kier alpha value is -1.39. The summed E-state index contributed by atoms with van der Waals surface area (Å²) in [5, 5.41) is 11.8. The summed E-state index contributed by atoms with van der Waals surface area (Å²) >= 11 is 0. The quantitative estimate of drug-likeness (QED) is 0.906. The first kappa shape index (κ1) is 12.6. The van der Waals surface area contributed by atoms with Gasteiger partial charge in [-0.2, -0.15) is 10.1 Å². The summed E-state index contributed by atoms with van der Waals surface area (Å²) in [6.45, 7) is 4.42. The highest BCUT2D eigenvalue weighted by atomic mass is 15.3. The minimum atomic E-state index is 0.575. The van der Waals surface area contributed by atoms with Crippen LogP contribution in [0, 0.1) is 5.92 Å². The molecule has 0 radical (unpaired) electrons. The van der Waals surface area contributed by atoms with Crippen LogP contribution in [0.5, 0.6) is 0 Å². The third kappa shape index (κ3) is 3.14. The van der Waals surface area contributed by atoms with Gasteiger partial charge < -0.3 is 10.2 Å². The molecule has 19 heavy (non-hydrogen) atoms. The van der Waals surface area contributed by atoms with E-state index in [9.17, 15) is 0 Å². The SMILES string of the molecule is CC1CCN(c2nncc(NC3CCCC3)n2)CC1. The Morgan fingerprint density at radius 1 is 1.16 bits per heavy atom. The number of rotatable bonds is 3. The molecule has 3 rings (SSSR count). The third-order valence-electron chi connectivity index (χ3n) is 4.32. The number of nitrogens with zero attached hydrogens (tertiary/aromatic N) is 4. The molecule has 1 aliphatic carbocycles. The van der Waals surface area contributed by atoms with Gasteiger partial charge in [0.05, 0.1) is 6.20 Å². The van der Waals surface area contributed by atoms with E-state index >= 15 is 0 Å². The second kappa shape index (κ2) is 5.72. The normalized spacial score (nSPS) is 21.8. The Bertz CT molecular complexity index is 408. The third-order valence-corrected chi connectivity index (χ3v) is 4.32. The van der Waals surface area contributed by atoms with Crippen LogP contribution in [0.1, 0.15) is 45.4 Å². The predicted molar refractivity (Wildman–Crippen MR) is 76.3 cm³/mol. The summed E-state index contributed by atoms with van der Waals surface area (Å²) in [5.74, 6) is 2.49. The first-order valence-corrected chi connectivity index (χ1v) is 7.52. The lowest BCUT2D eigenvalue weighted by Crippen LogP contribution is -2.34. The zero-order valence-electron chi connectivity index (χ0n) is 11.7. The van der Waals surface area contributed by atoms with Crippen molar-refractivity contribution < 1.29 is 0 Å². The fraction of sp³-hybridized carbons (Fsp3) is 0.786. The molecule has 0 atom stereocenters. The number of nitrogens with one attached hydrogen (secondary N) is 1. The summed E-state index contributed by atoms with van der Waals surface area (Å²) in [6.07, 6.45) is 9.35. The molecule has 2 heterocycles. The van der Waals surface area contributed by atoms with Gasteiger partial charge >= 0.3 is 0 Å². The fourth-order valence-corrected chi connectivity index (χ4v) is 2.99. The Morgan fingerprint density at radius 2 is 1.89 bits per heavy atom. The molecule has 5 nitrogen and oxygen atoms in total. The lowest BCUT2D eigenvalue weighted by Gasteiger charge is -2.30. The van der Waals surface area contributed by atoms with Crippen LogP contribution in [0.3, 0.4) is 0 Å². The van der Waals surface area contributed by atoms with Crippen molar-refractivity contribution in [3.05, 3.63) is 6.20 Å². The molecule has 1 aromatic heterocycles. The molecule has 5 heteroatoms. The number of hydrogen-bond acceptors (Lipinski definition) is 5. The van der Waals surface area contributed by atoms with E-state index in [1.165, 1.54) is 38.5 Å². The van der Waals surface area contributed by atoms with Gasteiger partial charge in [-0.25, -0.2) is 0 Å². The van der Waals surface area contributed by atoms with E-state index in [4.69, 9.17) is 0 Å². The molecule has 0 amide bonds. The number of anilines is 2. The molecule has 1 N–H and O–H groups in total. The van der Waals surface area contributed by atoms with Crippen molar-refractivity contribution >= 4 is 11.8 Å². The van der Waals surface area contributed by atoms with Gasteiger partial charge in [0.15, 0.2) is 5.82 Å². The van der Waals surface area contributed by atoms with Crippen molar-refractivity contribution in [1.29, 1.82) is 0 Å². The molecular formula is C14H23N5. The van der Waals surface area contributed by atoms with E-state index in [0.29, 0.717) is 6.04 Å². The van der Waals surface area contributed by atoms with Crippen LogP contribution in [-0.2, 0) is 0 Å². The van der Waals surface area contributed by atoms with E-state index < -0.39 is 0 Å². The maximum atomic E-state index is 4.63. The van der Waals surface area contributed by atoms with Crippen molar-refractivity contribution in [3.8, 4) is 0 Å². The van der Waals surface area contributed by atoms with Crippen molar-refractivity contribution in [1.82, 2.24) is 15.2 Å². The van der Waals surface area contributed by atoms with Crippen LogP contribution in [0.2, 0.25) is 0 Å². The smallest absolute Gasteiger partial charge is 0.247 e. The Kier molecular flexibility index (Phi) is 3.80. The van der Waals surface area contributed by atoms with Crippen LogP contribution in [0.15, 0.2) is 6.20 Å². The van der Waals surface area contributed by atoms with Crippen molar-refractivity contribution in [2.45, 2.75) is 51.5 Å². The topological polar surface area (TPSA) is 53.9 Å². The lowest BCUT2D eigenvalue weighted by atomic mass is 10.00. The van der Waals surface area contributed by atoms with Crippen LogP contribution in [0.4, 0.5) is 11.8 Å². The average molecular weight is 261 g/mol. The molecule has 1 aromatic rings. The highest BCUT2D eigenvalue weighted by molar-refractivity contribution is 5.40. The van der Waals surface area contributed by atoms with E-state index in [-0.39, 0.29) is 0 Å². The van der Waals surface area contributed by atoms with Crippen LogP contribution in [-0.4, -0.2) is 34.3 Å². The minimum Gasteiger partial charge on any atom is -0.366 e. The minimum absolute atomic E-state index is 0.575. The molecule has 104 valence electrons. The predicted octanol–water partition coefficient (Wildman–Crippen LogP) is 2.46. The Balaban J connectivity index is 1.65. The molecule has 0 unspecified atom stereocenters. The van der Waals surface area contributed by atoms with Gasteiger partial charge in [0, 0.05) is 19.1 Å².